The molecular formula is C49H35N3. The lowest BCUT2D eigenvalue weighted by atomic mass is 9.70. The van der Waals surface area contributed by atoms with E-state index in [1.165, 1.54) is 55.6 Å². The van der Waals surface area contributed by atoms with Gasteiger partial charge >= 0.3 is 0 Å². The Morgan fingerprint density at radius 2 is 0.904 bits per heavy atom. The summed E-state index contributed by atoms with van der Waals surface area (Å²) >= 11 is 0. The van der Waals surface area contributed by atoms with E-state index in [0.29, 0.717) is 0 Å². The maximum atomic E-state index is 5.03. The van der Waals surface area contributed by atoms with Crippen LogP contribution < -0.4 is 0 Å². The van der Waals surface area contributed by atoms with Crippen molar-refractivity contribution in [2.24, 2.45) is 0 Å². The smallest absolute Gasteiger partial charge is 0.126 e. The number of aryl methyl sites for hydroxylation is 3. The fourth-order valence-corrected chi connectivity index (χ4v) is 8.88. The normalized spacial score (nSPS) is 13.1. The summed E-state index contributed by atoms with van der Waals surface area (Å²) in [6, 6.07) is 57.4. The molecule has 0 bridgehead atoms. The third kappa shape index (κ3) is 4.49. The molecule has 246 valence electrons. The van der Waals surface area contributed by atoms with Crippen LogP contribution in [0.2, 0.25) is 0 Å². The highest BCUT2D eigenvalue weighted by Crippen LogP contribution is 2.63. The van der Waals surface area contributed by atoms with Gasteiger partial charge in [0, 0.05) is 22.4 Å². The number of hydrogen-bond donors (Lipinski definition) is 0. The van der Waals surface area contributed by atoms with Crippen molar-refractivity contribution in [1.29, 1.82) is 0 Å². The summed E-state index contributed by atoms with van der Waals surface area (Å²) < 4.78 is 0. The van der Waals surface area contributed by atoms with Crippen molar-refractivity contribution in [3.05, 3.63) is 197 Å². The summed E-state index contributed by atoms with van der Waals surface area (Å²) in [6.45, 7) is 6.21. The summed E-state index contributed by atoms with van der Waals surface area (Å²) in [5.41, 5.74) is 20.6. The molecule has 0 N–H and O–H groups in total. The van der Waals surface area contributed by atoms with Gasteiger partial charge in [-0.1, -0.05) is 127 Å². The van der Waals surface area contributed by atoms with Gasteiger partial charge in [0.05, 0.1) is 22.5 Å². The lowest BCUT2D eigenvalue weighted by Gasteiger charge is -2.30. The monoisotopic (exact) mass is 665 g/mol. The molecule has 0 radical (unpaired) electrons. The molecule has 10 rings (SSSR count). The molecule has 2 heterocycles. The molecule has 1 spiro atoms. The van der Waals surface area contributed by atoms with Crippen molar-refractivity contribution < 1.29 is 0 Å². The van der Waals surface area contributed by atoms with E-state index in [2.05, 4.69) is 172 Å². The molecule has 0 unspecified atom stereocenters. The summed E-state index contributed by atoms with van der Waals surface area (Å²) in [6.07, 6.45) is 0. The first-order chi connectivity index (χ1) is 25.5. The lowest BCUT2D eigenvalue weighted by molar-refractivity contribution is 0.794. The zero-order chi connectivity index (χ0) is 35.0. The minimum atomic E-state index is -0.452. The number of fused-ring (bicyclic) bond motifs is 10. The molecule has 2 aliphatic carbocycles. The highest BCUT2D eigenvalue weighted by atomic mass is 14.9. The van der Waals surface area contributed by atoms with E-state index in [0.717, 1.165) is 50.9 Å². The van der Waals surface area contributed by atoms with Crippen molar-refractivity contribution >= 4 is 0 Å². The number of pyridine rings is 1. The predicted molar refractivity (Wildman–Crippen MR) is 212 cm³/mol. The number of aromatic nitrogens is 3. The van der Waals surface area contributed by atoms with Crippen LogP contribution in [0.1, 0.15) is 39.3 Å². The van der Waals surface area contributed by atoms with Crippen LogP contribution in [0.25, 0.3) is 67.2 Å². The van der Waals surface area contributed by atoms with Gasteiger partial charge < -0.3 is 0 Å². The van der Waals surface area contributed by atoms with E-state index >= 15 is 0 Å². The second-order valence-corrected chi connectivity index (χ2v) is 14.1. The fourth-order valence-electron chi connectivity index (χ4n) is 8.88. The third-order valence-corrected chi connectivity index (χ3v) is 10.9. The Balaban J connectivity index is 1.20. The average Bonchev–Trinajstić information content (AvgIpc) is 3.64. The van der Waals surface area contributed by atoms with Crippen LogP contribution in [-0.2, 0) is 5.41 Å². The van der Waals surface area contributed by atoms with Crippen molar-refractivity contribution in [2.45, 2.75) is 26.2 Å². The van der Waals surface area contributed by atoms with E-state index in [1.54, 1.807) is 0 Å². The molecule has 0 saturated carbocycles. The highest BCUT2D eigenvalue weighted by Gasteiger charge is 2.51. The second kappa shape index (κ2) is 11.5. The average molecular weight is 666 g/mol. The second-order valence-electron chi connectivity index (χ2n) is 14.1. The quantitative estimate of drug-likeness (QED) is 0.188. The number of rotatable bonds is 4. The van der Waals surface area contributed by atoms with E-state index in [1.807, 2.05) is 6.92 Å². The van der Waals surface area contributed by atoms with Gasteiger partial charge in [-0.2, -0.15) is 0 Å². The Kier molecular flexibility index (Phi) is 6.74. The first kappa shape index (κ1) is 30.4. The topological polar surface area (TPSA) is 38.7 Å². The Labute approximate surface area is 304 Å². The van der Waals surface area contributed by atoms with Crippen LogP contribution in [-0.4, -0.2) is 15.0 Å². The van der Waals surface area contributed by atoms with Crippen LogP contribution >= 0.6 is 0 Å². The van der Waals surface area contributed by atoms with Gasteiger partial charge in [0.1, 0.15) is 5.82 Å². The van der Waals surface area contributed by atoms with Crippen LogP contribution in [0, 0.1) is 20.8 Å². The standard InChI is InChI=1S/C49H35N3/c1-30-25-31(2)50-46(26-30)35-21-23-39-41-27-34(47-29-48(52-32(3)51-47)40-18-8-7-15-36(40)33-13-5-4-6-14-33)22-24-44(41)49(45(39)28-35)42-19-11-9-16-37(42)38-17-10-12-20-43(38)49/h4-29H,1-3H3. The predicted octanol–water partition coefficient (Wildman–Crippen LogP) is 11.8. The van der Waals surface area contributed by atoms with E-state index < -0.39 is 5.41 Å². The van der Waals surface area contributed by atoms with Gasteiger partial charge in [-0.3, -0.25) is 4.98 Å². The molecule has 3 heteroatoms. The minimum absolute atomic E-state index is 0.452. The zero-order valence-electron chi connectivity index (χ0n) is 29.4. The van der Waals surface area contributed by atoms with Gasteiger partial charge in [0.25, 0.3) is 0 Å². The van der Waals surface area contributed by atoms with Gasteiger partial charge in [-0.15, -0.1) is 0 Å². The van der Waals surface area contributed by atoms with Crippen molar-refractivity contribution in [3.63, 3.8) is 0 Å². The molecule has 0 amide bonds. The van der Waals surface area contributed by atoms with Crippen molar-refractivity contribution in [3.8, 4) is 67.2 Å². The van der Waals surface area contributed by atoms with Gasteiger partial charge in [0.15, 0.2) is 0 Å². The van der Waals surface area contributed by atoms with Crippen LogP contribution in [0.4, 0.5) is 0 Å². The molecule has 3 nitrogen and oxygen atoms in total. The van der Waals surface area contributed by atoms with Gasteiger partial charge in [-0.25, -0.2) is 9.97 Å². The highest BCUT2D eigenvalue weighted by molar-refractivity contribution is 5.97. The Bertz CT molecular complexity index is 2660. The molecule has 0 aliphatic heterocycles. The SMILES string of the molecule is Cc1cc(C)nc(-c2ccc3c(c2)C2(c4ccccc4-c4ccccc42)c2ccc(-c4cc(-c5ccccc5-c5ccccc5)nc(C)n4)cc2-3)c1. The molecular weight excluding hydrogens is 631 g/mol. The van der Waals surface area contributed by atoms with Crippen LogP contribution in [0.5, 0.6) is 0 Å². The molecule has 0 atom stereocenters. The molecule has 0 fully saturated rings. The maximum absolute atomic E-state index is 5.03. The number of benzene rings is 6. The summed E-state index contributed by atoms with van der Waals surface area (Å²) in [7, 11) is 0. The van der Waals surface area contributed by atoms with E-state index in [-0.39, 0.29) is 0 Å². The third-order valence-electron chi connectivity index (χ3n) is 10.9. The Morgan fingerprint density at radius 3 is 1.63 bits per heavy atom. The minimum Gasteiger partial charge on any atom is -0.253 e. The molecule has 0 saturated heterocycles. The Hall–Kier alpha value is -6.45. The molecule has 52 heavy (non-hydrogen) atoms. The molecule has 2 aliphatic rings. The zero-order valence-corrected chi connectivity index (χ0v) is 29.4. The number of nitrogens with zero attached hydrogens (tertiary/aromatic N) is 3. The maximum Gasteiger partial charge on any atom is 0.126 e. The van der Waals surface area contributed by atoms with Gasteiger partial charge in [-0.05, 0) is 112 Å². The summed E-state index contributed by atoms with van der Waals surface area (Å²) in [4.78, 5) is 15.0. The van der Waals surface area contributed by atoms with Crippen molar-refractivity contribution in [1.82, 2.24) is 15.0 Å². The first-order valence-electron chi connectivity index (χ1n) is 17.9. The van der Waals surface area contributed by atoms with Crippen LogP contribution in [0.3, 0.4) is 0 Å². The largest absolute Gasteiger partial charge is 0.253 e. The first-order valence-corrected chi connectivity index (χ1v) is 17.9. The van der Waals surface area contributed by atoms with Crippen LogP contribution in [0.15, 0.2) is 158 Å². The number of hydrogen-bond acceptors (Lipinski definition) is 3. The lowest BCUT2D eigenvalue weighted by Crippen LogP contribution is -2.25. The Morgan fingerprint density at radius 1 is 0.346 bits per heavy atom. The van der Waals surface area contributed by atoms with E-state index in [4.69, 9.17) is 15.0 Å². The van der Waals surface area contributed by atoms with Gasteiger partial charge in [0.2, 0.25) is 0 Å². The fraction of sp³-hybridized carbons (Fsp3) is 0.0816. The van der Waals surface area contributed by atoms with Crippen molar-refractivity contribution in [2.75, 3.05) is 0 Å². The summed E-state index contributed by atoms with van der Waals surface area (Å²) in [5.74, 6) is 0.747. The molecule has 8 aromatic rings. The molecule has 2 aromatic heterocycles. The summed E-state index contributed by atoms with van der Waals surface area (Å²) in [5, 5.41) is 0. The molecule has 6 aromatic carbocycles. The van der Waals surface area contributed by atoms with E-state index in [9.17, 15) is 0 Å².